The van der Waals surface area contributed by atoms with E-state index in [4.69, 9.17) is 9.47 Å². The van der Waals surface area contributed by atoms with Crippen LogP contribution in [0.4, 0.5) is 5.69 Å². The Morgan fingerprint density at radius 2 is 1.94 bits per heavy atom. The summed E-state index contributed by atoms with van der Waals surface area (Å²) in [5, 5.41) is 12.5. The van der Waals surface area contributed by atoms with Crippen molar-refractivity contribution in [3.63, 3.8) is 0 Å². The van der Waals surface area contributed by atoms with E-state index in [0.717, 1.165) is 11.4 Å². The highest BCUT2D eigenvalue weighted by Gasteiger charge is 2.27. The first-order valence-electron chi connectivity index (χ1n) is 5.52. The maximum Gasteiger partial charge on any atom is 0.148 e. The molecule has 0 aliphatic heterocycles. The lowest BCUT2D eigenvalue weighted by atomic mass is 9.99. The minimum absolute atomic E-state index is 0.353. The molecule has 1 N–H and O–H groups in total. The molecule has 17 heavy (non-hydrogen) atoms. The molecule has 0 aliphatic rings. The van der Waals surface area contributed by atoms with Gasteiger partial charge in [0.15, 0.2) is 0 Å². The highest BCUT2D eigenvalue weighted by molar-refractivity contribution is 5.50. The van der Waals surface area contributed by atoms with Crippen molar-refractivity contribution in [2.75, 3.05) is 26.1 Å². The molecule has 1 unspecified atom stereocenters. The van der Waals surface area contributed by atoms with E-state index < -0.39 is 5.54 Å². The summed E-state index contributed by atoms with van der Waals surface area (Å²) in [6.07, 6.45) is 0.670. The van der Waals surface area contributed by atoms with E-state index >= 15 is 0 Å². The average Bonchev–Trinajstić information content (AvgIpc) is 2.39. The first-order valence-corrected chi connectivity index (χ1v) is 5.52. The number of ether oxygens (including phenoxy) is 2. The van der Waals surface area contributed by atoms with Gasteiger partial charge >= 0.3 is 0 Å². The fourth-order valence-corrected chi connectivity index (χ4v) is 1.56. The minimum Gasteiger partial charge on any atom is -0.497 e. The number of benzene rings is 1. The summed E-state index contributed by atoms with van der Waals surface area (Å²) < 4.78 is 10.2. The molecule has 0 heterocycles. The molecule has 0 saturated heterocycles. The number of nitriles is 1. The molecule has 0 saturated carbocycles. The Bertz CT molecular complexity index is 383. The summed E-state index contributed by atoms with van der Waals surface area (Å²) in [5.74, 6) is 0.793. The van der Waals surface area contributed by atoms with Crippen LogP contribution in [-0.2, 0) is 4.74 Å². The van der Waals surface area contributed by atoms with Gasteiger partial charge in [0.25, 0.3) is 0 Å². The fraction of sp³-hybridized carbons (Fsp3) is 0.462. The molecule has 92 valence electrons. The van der Waals surface area contributed by atoms with Crippen molar-refractivity contribution < 1.29 is 9.47 Å². The standard InChI is InChI=1S/C13H18N2O2/c1-4-13(9-14,10-16-2)15-11-5-7-12(17-3)8-6-11/h5-8,15H,4,10H2,1-3H3. The van der Waals surface area contributed by atoms with Gasteiger partial charge in [0.05, 0.1) is 19.8 Å². The van der Waals surface area contributed by atoms with Gasteiger partial charge in [0.2, 0.25) is 0 Å². The zero-order valence-corrected chi connectivity index (χ0v) is 10.5. The number of hydrogen-bond donors (Lipinski definition) is 1. The predicted molar refractivity (Wildman–Crippen MR) is 67.1 cm³/mol. The Labute approximate surface area is 102 Å². The zero-order valence-electron chi connectivity index (χ0n) is 10.5. The molecule has 0 radical (unpaired) electrons. The second-order valence-electron chi connectivity index (χ2n) is 3.83. The molecule has 1 rings (SSSR count). The molecule has 1 atom stereocenters. The summed E-state index contributed by atoms with van der Waals surface area (Å²) >= 11 is 0. The predicted octanol–water partition coefficient (Wildman–Crippen LogP) is 2.43. The smallest absolute Gasteiger partial charge is 0.148 e. The lowest BCUT2D eigenvalue weighted by molar-refractivity contribution is 0.162. The molecular weight excluding hydrogens is 216 g/mol. The van der Waals surface area contributed by atoms with E-state index in [-0.39, 0.29) is 0 Å². The van der Waals surface area contributed by atoms with E-state index in [1.165, 1.54) is 0 Å². The maximum atomic E-state index is 9.25. The van der Waals surface area contributed by atoms with Crippen molar-refractivity contribution in [2.24, 2.45) is 0 Å². The normalized spacial score (nSPS) is 13.5. The van der Waals surface area contributed by atoms with Crippen LogP contribution in [0.3, 0.4) is 0 Å². The monoisotopic (exact) mass is 234 g/mol. The third kappa shape index (κ3) is 3.36. The van der Waals surface area contributed by atoms with Crippen LogP contribution in [0.5, 0.6) is 5.75 Å². The largest absolute Gasteiger partial charge is 0.497 e. The van der Waals surface area contributed by atoms with E-state index in [2.05, 4.69) is 11.4 Å². The van der Waals surface area contributed by atoms with Crippen LogP contribution in [0, 0.1) is 11.3 Å². The van der Waals surface area contributed by atoms with Crippen molar-refractivity contribution in [3.05, 3.63) is 24.3 Å². The second-order valence-corrected chi connectivity index (χ2v) is 3.83. The summed E-state index contributed by atoms with van der Waals surface area (Å²) in [6, 6.07) is 9.75. The van der Waals surface area contributed by atoms with E-state index in [0.29, 0.717) is 13.0 Å². The first kappa shape index (κ1) is 13.3. The highest BCUT2D eigenvalue weighted by atomic mass is 16.5. The van der Waals surface area contributed by atoms with E-state index in [1.54, 1.807) is 14.2 Å². The summed E-state index contributed by atoms with van der Waals surface area (Å²) in [4.78, 5) is 0. The van der Waals surface area contributed by atoms with Gasteiger partial charge in [-0.3, -0.25) is 0 Å². The molecule has 4 heteroatoms. The molecule has 0 aromatic heterocycles. The maximum absolute atomic E-state index is 9.25. The number of hydrogen-bond acceptors (Lipinski definition) is 4. The Kier molecular flexibility index (Phi) is 4.80. The number of nitrogens with one attached hydrogen (secondary N) is 1. The number of rotatable bonds is 6. The minimum atomic E-state index is -0.677. The van der Waals surface area contributed by atoms with Crippen LogP contribution in [0.25, 0.3) is 0 Å². The van der Waals surface area contributed by atoms with Crippen molar-refractivity contribution in [3.8, 4) is 11.8 Å². The number of nitrogens with zero attached hydrogens (tertiary/aromatic N) is 1. The van der Waals surface area contributed by atoms with Gasteiger partial charge in [-0.15, -0.1) is 0 Å². The van der Waals surface area contributed by atoms with Crippen molar-refractivity contribution in [2.45, 2.75) is 18.9 Å². The van der Waals surface area contributed by atoms with Gasteiger partial charge in [-0.25, -0.2) is 0 Å². The lowest BCUT2D eigenvalue weighted by Gasteiger charge is -2.26. The van der Waals surface area contributed by atoms with Crippen LogP contribution >= 0.6 is 0 Å². The molecule has 1 aromatic rings. The molecule has 1 aromatic carbocycles. The molecule has 0 aliphatic carbocycles. The van der Waals surface area contributed by atoms with E-state index in [9.17, 15) is 5.26 Å². The summed E-state index contributed by atoms with van der Waals surface area (Å²) in [6.45, 7) is 2.31. The van der Waals surface area contributed by atoms with Crippen LogP contribution in [-0.4, -0.2) is 26.4 Å². The molecule has 0 amide bonds. The number of methoxy groups -OCH3 is 2. The van der Waals surface area contributed by atoms with Crippen LogP contribution in [0.15, 0.2) is 24.3 Å². The quantitative estimate of drug-likeness (QED) is 0.821. The molecule has 0 fully saturated rings. The van der Waals surface area contributed by atoms with Crippen LogP contribution in [0.2, 0.25) is 0 Å². The average molecular weight is 234 g/mol. The number of anilines is 1. The highest BCUT2D eigenvalue weighted by Crippen LogP contribution is 2.21. The Morgan fingerprint density at radius 1 is 1.29 bits per heavy atom. The Balaban J connectivity index is 2.82. The van der Waals surface area contributed by atoms with Gasteiger partial charge in [-0.1, -0.05) is 6.92 Å². The molecule has 4 nitrogen and oxygen atoms in total. The van der Waals surface area contributed by atoms with E-state index in [1.807, 2.05) is 31.2 Å². The van der Waals surface area contributed by atoms with Gasteiger partial charge in [-0.05, 0) is 30.7 Å². The Hall–Kier alpha value is -1.73. The topological polar surface area (TPSA) is 54.3 Å². The first-order chi connectivity index (χ1) is 8.19. The lowest BCUT2D eigenvalue weighted by Crippen LogP contribution is -2.40. The Morgan fingerprint density at radius 3 is 2.35 bits per heavy atom. The third-order valence-electron chi connectivity index (χ3n) is 2.68. The van der Waals surface area contributed by atoms with Crippen LogP contribution < -0.4 is 10.1 Å². The third-order valence-corrected chi connectivity index (χ3v) is 2.68. The van der Waals surface area contributed by atoms with Crippen molar-refractivity contribution in [1.82, 2.24) is 0 Å². The molecule has 0 spiro atoms. The second kappa shape index (κ2) is 6.12. The summed E-state index contributed by atoms with van der Waals surface area (Å²) in [5.41, 5.74) is 0.204. The van der Waals surface area contributed by atoms with Crippen LogP contribution in [0.1, 0.15) is 13.3 Å². The van der Waals surface area contributed by atoms with Gasteiger partial charge in [0, 0.05) is 12.8 Å². The fourth-order valence-electron chi connectivity index (χ4n) is 1.56. The van der Waals surface area contributed by atoms with Crippen molar-refractivity contribution in [1.29, 1.82) is 5.26 Å². The van der Waals surface area contributed by atoms with Gasteiger partial charge in [0.1, 0.15) is 11.3 Å². The van der Waals surface area contributed by atoms with Gasteiger partial charge in [-0.2, -0.15) is 5.26 Å². The van der Waals surface area contributed by atoms with Crippen molar-refractivity contribution >= 4 is 5.69 Å². The van der Waals surface area contributed by atoms with Gasteiger partial charge < -0.3 is 14.8 Å². The summed E-state index contributed by atoms with van der Waals surface area (Å²) in [7, 11) is 3.22. The SMILES string of the molecule is CCC(C#N)(COC)Nc1ccc(OC)cc1. The molecular formula is C13H18N2O2. The zero-order chi connectivity index (χ0) is 12.7. The molecule has 0 bridgehead atoms.